The summed E-state index contributed by atoms with van der Waals surface area (Å²) in [7, 11) is 0. The van der Waals surface area contributed by atoms with Crippen LogP contribution in [0, 0.1) is 23.2 Å². The van der Waals surface area contributed by atoms with Gasteiger partial charge in [0.25, 0.3) is 0 Å². The van der Waals surface area contributed by atoms with Crippen LogP contribution in [-0.2, 0) is 0 Å². The Balaban J connectivity index is 1.97. The first-order chi connectivity index (χ1) is 6.02. The summed E-state index contributed by atoms with van der Waals surface area (Å²) in [4.78, 5) is 0. The lowest BCUT2D eigenvalue weighted by molar-refractivity contribution is 0.278. The van der Waals surface area contributed by atoms with Crippen LogP contribution in [0.5, 0.6) is 0 Å². The van der Waals surface area contributed by atoms with Gasteiger partial charge in [-0.2, -0.15) is 0 Å². The molecule has 13 heavy (non-hydrogen) atoms. The molecule has 76 valence electrons. The molecule has 0 heterocycles. The molecular formula is C12H23N. The molecule has 0 radical (unpaired) electrons. The summed E-state index contributed by atoms with van der Waals surface area (Å²) in [5, 5.41) is 0. The standard InChI is InChI=1S/C12H23N/c1-12(2,3)11(13)10-8-6-4-5-7-9(8)10/h8-11H,4-7,13H2,1-3H3. The third-order valence-corrected chi connectivity index (χ3v) is 4.14. The van der Waals surface area contributed by atoms with Gasteiger partial charge in [-0.1, -0.05) is 33.6 Å². The van der Waals surface area contributed by atoms with E-state index in [0.717, 1.165) is 17.8 Å². The van der Waals surface area contributed by atoms with Crippen molar-refractivity contribution in [2.45, 2.75) is 52.5 Å². The van der Waals surface area contributed by atoms with Gasteiger partial charge in [-0.25, -0.2) is 0 Å². The fourth-order valence-electron chi connectivity index (χ4n) is 3.16. The first-order valence-corrected chi connectivity index (χ1v) is 5.77. The Morgan fingerprint density at radius 2 is 1.54 bits per heavy atom. The molecule has 3 atom stereocenters. The molecule has 2 fully saturated rings. The Bertz CT molecular complexity index is 180. The Morgan fingerprint density at radius 3 is 1.92 bits per heavy atom. The summed E-state index contributed by atoms with van der Waals surface area (Å²) in [6.45, 7) is 6.84. The monoisotopic (exact) mass is 181 g/mol. The minimum atomic E-state index is 0.308. The second-order valence-corrected chi connectivity index (χ2v) is 6.08. The molecule has 0 bridgehead atoms. The number of hydrogen-bond donors (Lipinski definition) is 1. The summed E-state index contributed by atoms with van der Waals surface area (Å²) >= 11 is 0. The van der Waals surface area contributed by atoms with Crippen LogP contribution in [0.3, 0.4) is 0 Å². The highest BCUT2D eigenvalue weighted by molar-refractivity contribution is 5.06. The molecule has 0 spiro atoms. The maximum atomic E-state index is 6.32. The number of nitrogens with two attached hydrogens (primary N) is 1. The molecule has 3 unspecified atom stereocenters. The van der Waals surface area contributed by atoms with E-state index in [4.69, 9.17) is 5.73 Å². The predicted molar refractivity (Wildman–Crippen MR) is 56.4 cm³/mol. The van der Waals surface area contributed by atoms with Crippen LogP contribution >= 0.6 is 0 Å². The Morgan fingerprint density at radius 1 is 1.08 bits per heavy atom. The third-order valence-electron chi connectivity index (χ3n) is 4.14. The van der Waals surface area contributed by atoms with Gasteiger partial charge >= 0.3 is 0 Å². The summed E-state index contributed by atoms with van der Waals surface area (Å²) in [6, 6.07) is 0.431. The second kappa shape index (κ2) is 2.98. The SMILES string of the molecule is CC(C)(C)C(N)C1C2CCCCC21. The van der Waals surface area contributed by atoms with E-state index in [2.05, 4.69) is 20.8 Å². The Kier molecular flexibility index (Phi) is 2.18. The fourth-order valence-corrected chi connectivity index (χ4v) is 3.16. The molecular weight excluding hydrogens is 158 g/mol. The zero-order chi connectivity index (χ0) is 9.64. The van der Waals surface area contributed by atoms with E-state index in [1.54, 1.807) is 0 Å². The van der Waals surface area contributed by atoms with Gasteiger partial charge in [0.1, 0.15) is 0 Å². The van der Waals surface area contributed by atoms with Crippen LogP contribution in [0.2, 0.25) is 0 Å². The highest BCUT2D eigenvalue weighted by atomic mass is 14.8. The van der Waals surface area contributed by atoms with E-state index in [9.17, 15) is 0 Å². The minimum Gasteiger partial charge on any atom is -0.327 e. The van der Waals surface area contributed by atoms with Gasteiger partial charge in [0.05, 0.1) is 0 Å². The van der Waals surface area contributed by atoms with Gasteiger partial charge in [0.2, 0.25) is 0 Å². The quantitative estimate of drug-likeness (QED) is 0.661. The van der Waals surface area contributed by atoms with Crippen molar-refractivity contribution in [2.75, 3.05) is 0 Å². The summed E-state index contributed by atoms with van der Waals surface area (Å²) in [5.41, 5.74) is 6.62. The van der Waals surface area contributed by atoms with E-state index in [1.165, 1.54) is 25.7 Å². The van der Waals surface area contributed by atoms with Crippen LogP contribution in [0.4, 0.5) is 0 Å². The van der Waals surface area contributed by atoms with E-state index in [-0.39, 0.29) is 0 Å². The normalized spacial score (nSPS) is 41.1. The van der Waals surface area contributed by atoms with E-state index in [1.807, 2.05) is 0 Å². The fraction of sp³-hybridized carbons (Fsp3) is 1.00. The van der Waals surface area contributed by atoms with Crippen molar-refractivity contribution in [1.82, 2.24) is 0 Å². The van der Waals surface area contributed by atoms with Crippen molar-refractivity contribution >= 4 is 0 Å². The zero-order valence-corrected chi connectivity index (χ0v) is 9.22. The maximum Gasteiger partial charge on any atom is 0.0122 e. The average Bonchev–Trinajstić information content (AvgIpc) is 2.75. The lowest BCUT2D eigenvalue weighted by Gasteiger charge is -2.27. The van der Waals surface area contributed by atoms with Crippen LogP contribution in [0.15, 0.2) is 0 Å². The van der Waals surface area contributed by atoms with Gasteiger partial charge < -0.3 is 5.73 Å². The van der Waals surface area contributed by atoms with Crippen LogP contribution in [0.25, 0.3) is 0 Å². The van der Waals surface area contributed by atoms with Crippen LogP contribution < -0.4 is 5.73 Å². The lowest BCUT2D eigenvalue weighted by Crippen LogP contribution is -2.37. The summed E-state index contributed by atoms with van der Waals surface area (Å²) in [5.74, 6) is 2.87. The Hall–Kier alpha value is -0.0400. The summed E-state index contributed by atoms with van der Waals surface area (Å²) < 4.78 is 0. The average molecular weight is 181 g/mol. The molecule has 0 aliphatic heterocycles. The van der Waals surface area contributed by atoms with Gasteiger partial charge in [-0.05, 0) is 36.0 Å². The molecule has 1 nitrogen and oxygen atoms in total. The molecule has 0 aromatic rings. The second-order valence-electron chi connectivity index (χ2n) is 6.08. The minimum absolute atomic E-state index is 0.308. The molecule has 0 aromatic heterocycles. The van der Waals surface area contributed by atoms with E-state index >= 15 is 0 Å². The maximum absolute atomic E-state index is 6.32. The first kappa shape index (κ1) is 9.51. The van der Waals surface area contributed by atoms with Crippen molar-refractivity contribution in [2.24, 2.45) is 28.9 Å². The van der Waals surface area contributed by atoms with Crippen LogP contribution in [-0.4, -0.2) is 6.04 Å². The molecule has 2 saturated carbocycles. The molecule has 2 aliphatic rings. The third kappa shape index (κ3) is 1.63. The van der Waals surface area contributed by atoms with Crippen molar-refractivity contribution in [3.05, 3.63) is 0 Å². The molecule has 1 heteroatoms. The van der Waals surface area contributed by atoms with Gasteiger partial charge in [0, 0.05) is 6.04 Å². The van der Waals surface area contributed by atoms with Gasteiger partial charge in [0.15, 0.2) is 0 Å². The molecule has 0 saturated heterocycles. The van der Waals surface area contributed by atoms with Crippen molar-refractivity contribution in [3.8, 4) is 0 Å². The first-order valence-electron chi connectivity index (χ1n) is 5.77. The molecule has 2 N–H and O–H groups in total. The molecule has 0 aromatic carbocycles. The predicted octanol–water partition coefficient (Wildman–Crippen LogP) is 2.80. The largest absolute Gasteiger partial charge is 0.327 e. The molecule has 2 rings (SSSR count). The summed E-state index contributed by atoms with van der Waals surface area (Å²) in [6.07, 6.45) is 5.82. The molecule has 2 aliphatic carbocycles. The zero-order valence-electron chi connectivity index (χ0n) is 9.22. The lowest BCUT2D eigenvalue weighted by atomic mass is 9.83. The van der Waals surface area contributed by atoms with Gasteiger partial charge in [-0.3, -0.25) is 0 Å². The van der Waals surface area contributed by atoms with Crippen molar-refractivity contribution < 1.29 is 0 Å². The number of rotatable bonds is 1. The highest BCUT2D eigenvalue weighted by Crippen LogP contribution is 2.58. The van der Waals surface area contributed by atoms with Crippen molar-refractivity contribution in [3.63, 3.8) is 0 Å². The van der Waals surface area contributed by atoms with Crippen molar-refractivity contribution in [1.29, 1.82) is 0 Å². The highest BCUT2D eigenvalue weighted by Gasteiger charge is 2.55. The smallest absolute Gasteiger partial charge is 0.0122 e. The number of hydrogen-bond acceptors (Lipinski definition) is 1. The molecule has 0 amide bonds. The van der Waals surface area contributed by atoms with E-state index < -0.39 is 0 Å². The Labute approximate surface area is 82.1 Å². The topological polar surface area (TPSA) is 26.0 Å². The number of fused-ring (bicyclic) bond motifs is 1. The van der Waals surface area contributed by atoms with Gasteiger partial charge in [-0.15, -0.1) is 0 Å². The van der Waals surface area contributed by atoms with Crippen LogP contribution in [0.1, 0.15) is 46.5 Å². The van der Waals surface area contributed by atoms with E-state index in [0.29, 0.717) is 11.5 Å².